The van der Waals surface area contributed by atoms with Gasteiger partial charge in [0.2, 0.25) is 0 Å². The number of carbonyl (C=O) groups is 1. The van der Waals surface area contributed by atoms with E-state index in [0.717, 1.165) is 0 Å². The summed E-state index contributed by atoms with van der Waals surface area (Å²) in [4.78, 5) is 23.6. The summed E-state index contributed by atoms with van der Waals surface area (Å²) in [6.45, 7) is 2.06. The van der Waals surface area contributed by atoms with Crippen LogP contribution >= 0.6 is 0 Å². The molecule has 0 aliphatic rings. The molecule has 0 aliphatic carbocycles. The van der Waals surface area contributed by atoms with Crippen molar-refractivity contribution in [3.63, 3.8) is 0 Å². The zero-order valence-electron chi connectivity index (χ0n) is 8.19. The van der Waals surface area contributed by atoms with Gasteiger partial charge < -0.3 is 21.2 Å². The van der Waals surface area contributed by atoms with Crippen LogP contribution in [0.5, 0.6) is 0 Å². The summed E-state index contributed by atoms with van der Waals surface area (Å²) >= 11 is 0. The summed E-state index contributed by atoms with van der Waals surface area (Å²) in [7, 11) is 0. The van der Waals surface area contributed by atoms with Crippen LogP contribution in [-0.2, 0) is 0 Å². The normalized spacial score (nSPS) is 12.1. The van der Waals surface area contributed by atoms with Crippen molar-refractivity contribution >= 4 is 11.7 Å². The van der Waals surface area contributed by atoms with Crippen LogP contribution in [0, 0.1) is 10.1 Å². The number of nitrogens with one attached hydrogen (secondary N) is 2. The van der Waals surface area contributed by atoms with E-state index in [1.54, 1.807) is 6.92 Å². The third-order valence-electron chi connectivity index (χ3n) is 1.84. The van der Waals surface area contributed by atoms with Crippen molar-refractivity contribution in [2.45, 2.75) is 13.0 Å². The minimum atomic E-state index is -0.594. The number of aromatic amines is 1. The molecule has 0 aliphatic heterocycles. The molecule has 0 saturated heterocycles. The number of hydrogen-bond donors (Lipinski definition) is 3. The van der Waals surface area contributed by atoms with Crippen molar-refractivity contribution in [3.8, 4) is 0 Å². The van der Waals surface area contributed by atoms with Crippen molar-refractivity contribution in [3.05, 3.63) is 27.9 Å². The van der Waals surface area contributed by atoms with Crippen molar-refractivity contribution in [2.75, 3.05) is 6.54 Å². The van der Waals surface area contributed by atoms with E-state index in [4.69, 9.17) is 5.73 Å². The largest absolute Gasteiger partial charge is 0.358 e. The molecular weight excluding hydrogens is 200 g/mol. The minimum absolute atomic E-state index is 0.155. The molecular formula is C8H12N4O3. The van der Waals surface area contributed by atoms with Crippen LogP contribution in [0.1, 0.15) is 17.4 Å². The second kappa shape index (κ2) is 4.56. The molecule has 1 aromatic rings. The summed E-state index contributed by atoms with van der Waals surface area (Å²) in [5.74, 6) is -0.610. The first-order chi connectivity index (χ1) is 7.04. The molecule has 0 saturated carbocycles. The number of H-pyrrole nitrogens is 1. The molecule has 0 fully saturated rings. The van der Waals surface area contributed by atoms with Crippen LogP contribution in [0.25, 0.3) is 0 Å². The lowest BCUT2D eigenvalue weighted by atomic mass is 10.3. The second-order valence-electron chi connectivity index (χ2n) is 3.12. The van der Waals surface area contributed by atoms with Gasteiger partial charge in [0.05, 0.1) is 0 Å². The molecule has 7 heteroatoms. The van der Waals surface area contributed by atoms with Gasteiger partial charge in [0, 0.05) is 18.7 Å². The molecule has 1 atom stereocenters. The number of carbonyl (C=O) groups excluding carboxylic acids is 1. The number of aromatic nitrogens is 1. The maximum Gasteiger partial charge on any atom is 0.321 e. The van der Waals surface area contributed by atoms with Crippen LogP contribution < -0.4 is 11.1 Å². The van der Waals surface area contributed by atoms with E-state index in [1.165, 1.54) is 12.1 Å². The Morgan fingerprint density at radius 1 is 1.73 bits per heavy atom. The van der Waals surface area contributed by atoms with E-state index in [0.29, 0.717) is 6.54 Å². The van der Waals surface area contributed by atoms with Gasteiger partial charge in [-0.1, -0.05) is 0 Å². The Morgan fingerprint density at radius 3 is 2.87 bits per heavy atom. The lowest BCUT2D eigenvalue weighted by Gasteiger charge is -2.08. The summed E-state index contributed by atoms with van der Waals surface area (Å²) in [6.07, 6.45) is 0. The van der Waals surface area contributed by atoms with Gasteiger partial charge in [-0.3, -0.25) is 4.79 Å². The van der Waals surface area contributed by atoms with Crippen LogP contribution in [0.2, 0.25) is 0 Å². The zero-order valence-corrected chi connectivity index (χ0v) is 8.19. The first-order valence-corrected chi connectivity index (χ1v) is 4.39. The highest BCUT2D eigenvalue weighted by Gasteiger charge is 2.16. The number of nitrogens with zero attached hydrogens (tertiary/aromatic N) is 1. The monoisotopic (exact) mass is 212 g/mol. The maximum absolute atomic E-state index is 11.4. The van der Waals surface area contributed by atoms with E-state index in [2.05, 4.69) is 10.3 Å². The first kappa shape index (κ1) is 11.2. The Hall–Kier alpha value is -1.89. The highest BCUT2D eigenvalue weighted by atomic mass is 16.6. The minimum Gasteiger partial charge on any atom is -0.358 e. The Morgan fingerprint density at radius 2 is 2.40 bits per heavy atom. The molecule has 15 heavy (non-hydrogen) atoms. The number of amides is 1. The maximum atomic E-state index is 11.4. The van der Waals surface area contributed by atoms with Crippen LogP contribution in [0.15, 0.2) is 12.1 Å². The van der Waals surface area contributed by atoms with E-state index in [-0.39, 0.29) is 17.6 Å². The van der Waals surface area contributed by atoms with Gasteiger partial charge in [-0.25, -0.2) is 4.98 Å². The van der Waals surface area contributed by atoms with E-state index in [9.17, 15) is 14.9 Å². The van der Waals surface area contributed by atoms with Crippen molar-refractivity contribution in [1.82, 2.24) is 10.3 Å². The average molecular weight is 212 g/mol. The highest BCUT2D eigenvalue weighted by Crippen LogP contribution is 2.09. The Bertz CT molecular complexity index is 374. The van der Waals surface area contributed by atoms with E-state index >= 15 is 0 Å². The van der Waals surface area contributed by atoms with Gasteiger partial charge >= 0.3 is 5.82 Å². The van der Waals surface area contributed by atoms with Gasteiger partial charge in [-0.15, -0.1) is 0 Å². The fourth-order valence-electron chi connectivity index (χ4n) is 0.983. The first-order valence-electron chi connectivity index (χ1n) is 4.39. The molecule has 0 unspecified atom stereocenters. The molecule has 1 amide bonds. The lowest BCUT2D eigenvalue weighted by Crippen LogP contribution is -2.37. The molecule has 0 bridgehead atoms. The predicted molar refractivity (Wildman–Crippen MR) is 53.4 cm³/mol. The summed E-state index contributed by atoms with van der Waals surface area (Å²) in [5.41, 5.74) is 5.47. The molecule has 1 aromatic heterocycles. The average Bonchev–Trinajstić information content (AvgIpc) is 2.66. The third-order valence-corrected chi connectivity index (χ3v) is 1.84. The molecule has 1 heterocycles. The quantitative estimate of drug-likeness (QED) is 0.481. The van der Waals surface area contributed by atoms with Gasteiger partial charge in [0.1, 0.15) is 0 Å². The van der Waals surface area contributed by atoms with Crippen molar-refractivity contribution in [1.29, 1.82) is 0 Å². The number of nitro groups is 1. The van der Waals surface area contributed by atoms with Gasteiger partial charge in [-0.2, -0.15) is 0 Å². The van der Waals surface area contributed by atoms with Crippen LogP contribution in [0.3, 0.4) is 0 Å². The third kappa shape index (κ3) is 2.78. The standard InChI is InChI=1S/C8H12N4O3/c1-5(4-9)10-8(13)6-2-3-7(11-6)12(14)15/h2-3,5,11H,4,9H2,1H3,(H,10,13)/t5-/m0/s1. The van der Waals surface area contributed by atoms with Crippen molar-refractivity contribution < 1.29 is 9.72 Å². The van der Waals surface area contributed by atoms with Gasteiger partial charge in [0.15, 0.2) is 5.69 Å². The Balaban J connectivity index is 2.70. The van der Waals surface area contributed by atoms with E-state index < -0.39 is 10.8 Å². The molecule has 4 N–H and O–H groups in total. The fraction of sp³-hybridized carbons (Fsp3) is 0.375. The zero-order chi connectivity index (χ0) is 11.4. The second-order valence-corrected chi connectivity index (χ2v) is 3.12. The number of rotatable bonds is 4. The molecule has 0 aromatic carbocycles. The topological polar surface area (TPSA) is 114 Å². The number of hydrogen-bond acceptors (Lipinski definition) is 4. The molecule has 82 valence electrons. The lowest BCUT2D eigenvalue weighted by molar-refractivity contribution is -0.389. The number of nitrogens with two attached hydrogens (primary N) is 1. The van der Waals surface area contributed by atoms with Crippen LogP contribution in [0.4, 0.5) is 5.82 Å². The van der Waals surface area contributed by atoms with Gasteiger partial charge in [0.25, 0.3) is 5.91 Å². The smallest absolute Gasteiger partial charge is 0.321 e. The summed E-state index contributed by atoms with van der Waals surface area (Å²) in [5, 5.41) is 12.9. The highest BCUT2D eigenvalue weighted by molar-refractivity contribution is 5.93. The van der Waals surface area contributed by atoms with E-state index in [1.807, 2.05) is 0 Å². The van der Waals surface area contributed by atoms with Crippen molar-refractivity contribution in [2.24, 2.45) is 5.73 Å². The summed E-state index contributed by atoms with van der Waals surface area (Å²) in [6, 6.07) is 2.43. The SMILES string of the molecule is C[C@@H](CN)NC(=O)c1ccc([N+](=O)[O-])[nH]1. The van der Waals surface area contributed by atoms with Crippen LogP contribution in [-0.4, -0.2) is 28.4 Å². The molecule has 1 rings (SSSR count). The Labute approximate surface area is 85.8 Å². The molecule has 7 nitrogen and oxygen atoms in total. The van der Waals surface area contributed by atoms with Gasteiger partial charge in [-0.05, 0) is 17.9 Å². The molecule has 0 spiro atoms. The molecule has 0 radical (unpaired) electrons. The summed E-state index contributed by atoms with van der Waals surface area (Å²) < 4.78 is 0. The Kier molecular flexibility index (Phi) is 3.40. The predicted octanol–water partition coefficient (Wildman–Crippen LogP) is -0.000100. The fourth-order valence-corrected chi connectivity index (χ4v) is 0.983.